The van der Waals surface area contributed by atoms with Crippen LogP contribution in [0, 0.1) is 11.3 Å². The van der Waals surface area contributed by atoms with Crippen molar-refractivity contribution in [1.82, 2.24) is 9.97 Å². The Balaban J connectivity index is 1.92. The molecule has 2 aromatic heterocycles. The summed E-state index contributed by atoms with van der Waals surface area (Å²) in [7, 11) is 1.64. The second-order valence-corrected chi connectivity index (χ2v) is 5.03. The standard InChI is InChI=1S/C14H10N4OS/c1-19-10-5-6-11-12(7-10)20-14(17-11)18-13-4-2-3-9(8-15)16-13/h2-7H,1H3,(H,16,17,18). The zero-order valence-corrected chi connectivity index (χ0v) is 11.4. The molecular formula is C14H10N4OS. The summed E-state index contributed by atoms with van der Waals surface area (Å²) in [5, 5.41) is 12.7. The van der Waals surface area contributed by atoms with Crippen LogP contribution in [-0.2, 0) is 0 Å². The third kappa shape index (κ3) is 2.39. The average molecular weight is 282 g/mol. The molecule has 3 rings (SSSR count). The van der Waals surface area contributed by atoms with Gasteiger partial charge in [-0.3, -0.25) is 0 Å². The van der Waals surface area contributed by atoms with Crippen molar-refractivity contribution in [2.75, 3.05) is 12.4 Å². The summed E-state index contributed by atoms with van der Waals surface area (Å²) in [6.45, 7) is 0. The summed E-state index contributed by atoms with van der Waals surface area (Å²) in [5.74, 6) is 1.41. The average Bonchev–Trinajstić information content (AvgIpc) is 2.88. The molecule has 0 saturated heterocycles. The molecular weight excluding hydrogens is 272 g/mol. The highest BCUT2D eigenvalue weighted by Crippen LogP contribution is 2.30. The number of pyridine rings is 1. The van der Waals surface area contributed by atoms with Gasteiger partial charge in [0.25, 0.3) is 0 Å². The molecule has 0 spiro atoms. The molecule has 0 saturated carbocycles. The summed E-state index contributed by atoms with van der Waals surface area (Å²) in [4.78, 5) is 8.63. The molecule has 0 aliphatic heterocycles. The van der Waals surface area contributed by atoms with Crippen molar-refractivity contribution >= 4 is 32.5 Å². The van der Waals surface area contributed by atoms with E-state index in [1.807, 2.05) is 24.3 Å². The number of methoxy groups -OCH3 is 1. The van der Waals surface area contributed by atoms with Crippen molar-refractivity contribution in [1.29, 1.82) is 5.26 Å². The van der Waals surface area contributed by atoms with Crippen LogP contribution in [0.25, 0.3) is 10.2 Å². The number of thiazole rings is 1. The van der Waals surface area contributed by atoms with Gasteiger partial charge in [0, 0.05) is 0 Å². The number of nitrogens with zero attached hydrogens (tertiary/aromatic N) is 3. The van der Waals surface area contributed by atoms with E-state index in [0.717, 1.165) is 21.1 Å². The molecule has 0 fully saturated rings. The maximum Gasteiger partial charge on any atom is 0.189 e. The Morgan fingerprint density at radius 3 is 2.95 bits per heavy atom. The molecule has 5 nitrogen and oxygen atoms in total. The predicted molar refractivity (Wildman–Crippen MR) is 78.4 cm³/mol. The van der Waals surface area contributed by atoms with Gasteiger partial charge in [-0.1, -0.05) is 17.4 Å². The second kappa shape index (κ2) is 5.15. The van der Waals surface area contributed by atoms with E-state index in [4.69, 9.17) is 10.00 Å². The lowest BCUT2D eigenvalue weighted by Crippen LogP contribution is -1.93. The highest BCUT2D eigenvalue weighted by Gasteiger charge is 2.06. The number of benzene rings is 1. The third-order valence-corrected chi connectivity index (χ3v) is 3.63. The maximum absolute atomic E-state index is 8.83. The van der Waals surface area contributed by atoms with E-state index in [2.05, 4.69) is 15.3 Å². The van der Waals surface area contributed by atoms with Crippen LogP contribution in [-0.4, -0.2) is 17.1 Å². The first-order valence-corrected chi connectivity index (χ1v) is 6.69. The van der Waals surface area contributed by atoms with Gasteiger partial charge in [0.1, 0.15) is 23.3 Å². The van der Waals surface area contributed by atoms with E-state index in [1.54, 1.807) is 25.3 Å². The largest absolute Gasteiger partial charge is 0.497 e. The molecule has 1 N–H and O–H groups in total. The van der Waals surface area contributed by atoms with Gasteiger partial charge in [0.15, 0.2) is 5.13 Å². The van der Waals surface area contributed by atoms with E-state index in [1.165, 1.54) is 11.3 Å². The number of aromatic nitrogens is 2. The Labute approximate surface area is 119 Å². The molecule has 0 unspecified atom stereocenters. The van der Waals surface area contributed by atoms with Crippen molar-refractivity contribution in [2.24, 2.45) is 0 Å². The van der Waals surface area contributed by atoms with Crippen LogP contribution < -0.4 is 10.1 Å². The first-order valence-electron chi connectivity index (χ1n) is 5.87. The van der Waals surface area contributed by atoms with Gasteiger partial charge in [-0.15, -0.1) is 0 Å². The van der Waals surface area contributed by atoms with Gasteiger partial charge < -0.3 is 10.1 Å². The Kier molecular flexibility index (Phi) is 3.19. The van der Waals surface area contributed by atoms with Crippen LogP contribution in [0.15, 0.2) is 36.4 Å². The SMILES string of the molecule is COc1ccc2nc(Nc3cccc(C#N)n3)sc2c1. The molecule has 1 aromatic carbocycles. The van der Waals surface area contributed by atoms with E-state index >= 15 is 0 Å². The van der Waals surface area contributed by atoms with Crippen LogP contribution >= 0.6 is 11.3 Å². The molecule has 0 bridgehead atoms. The highest BCUT2D eigenvalue weighted by molar-refractivity contribution is 7.22. The van der Waals surface area contributed by atoms with E-state index in [0.29, 0.717) is 11.5 Å². The summed E-state index contributed by atoms with van der Waals surface area (Å²) in [6.07, 6.45) is 0. The topological polar surface area (TPSA) is 70.8 Å². The first-order chi connectivity index (χ1) is 9.78. The zero-order valence-electron chi connectivity index (χ0n) is 10.6. The van der Waals surface area contributed by atoms with Gasteiger partial charge >= 0.3 is 0 Å². The number of hydrogen-bond donors (Lipinski definition) is 1. The fourth-order valence-electron chi connectivity index (χ4n) is 1.76. The molecule has 0 atom stereocenters. The van der Waals surface area contributed by atoms with Crippen molar-refractivity contribution in [3.8, 4) is 11.8 Å². The molecule has 0 aliphatic carbocycles. The van der Waals surface area contributed by atoms with Gasteiger partial charge in [-0.25, -0.2) is 9.97 Å². The van der Waals surface area contributed by atoms with Crippen LogP contribution in [0.3, 0.4) is 0 Å². The van der Waals surface area contributed by atoms with Gasteiger partial charge in [-0.2, -0.15) is 5.26 Å². The van der Waals surface area contributed by atoms with Crippen LogP contribution in [0.2, 0.25) is 0 Å². The number of hydrogen-bond acceptors (Lipinski definition) is 6. The molecule has 0 amide bonds. The van der Waals surface area contributed by atoms with Crippen molar-refractivity contribution in [3.63, 3.8) is 0 Å². The molecule has 2 heterocycles. The van der Waals surface area contributed by atoms with Gasteiger partial charge in [-0.05, 0) is 30.3 Å². The Hall–Kier alpha value is -2.65. The van der Waals surface area contributed by atoms with Crippen molar-refractivity contribution in [3.05, 3.63) is 42.1 Å². The number of ether oxygens (including phenoxy) is 1. The van der Waals surface area contributed by atoms with Gasteiger partial charge in [0.2, 0.25) is 0 Å². The Morgan fingerprint density at radius 1 is 1.25 bits per heavy atom. The smallest absolute Gasteiger partial charge is 0.189 e. The third-order valence-electron chi connectivity index (χ3n) is 2.69. The molecule has 3 aromatic rings. The lowest BCUT2D eigenvalue weighted by atomic mass is 10.3. The Morgan fingerprint density at radius 2 is 2.15 bits per heavy atom. The number of anilines is 2. The summed E-state index contributed by atoms with van der Waals surface area (Å²) in [6, 6.07) is 13.0. The predicted octanol–water partition coefficient (Wildman–Crippen LogP) is 3.32. The zero-order chi connectivity index (χ0) is 13.9. The molecule has 98 valence electrons. The summed E-state index contributed by atoms with van der Waals surface area (Å²) < 4.78 is 6.22. The molecule has 0 radical (unpaired) electrons. The normalized spacial score (nSPS) is 10.2. The van der Waals surface area contributed by atoms with Crippen LogP contribution in [0.1, 0.15) is 5.69 Å². The van der Waals surface area contributed by atoms with Crippen molar-refractivity contribution in [2.45, 2.75) is 0 Å². The van der Waals surface area contributed by atoms with Crippen molar-refractivity contribution < 1.29 is 4.74 Å². The quantitative estimate of drug-likeness (QED) is 0.798. The molecule has 6 heteroatoms. The Bertz CT molecular complexity index is 806. The fraction of sp³-hybridized carbons (Fsp3) is 0.0714. The lowest BCUT2D eigenvalue weighted by molar-refractivity contribution is 0.415. The van der Waals surface area contributed by atoms with E-state index in [9.17, 15) is 0 Å². The maximum atomic E-state index is 8.83. The van der Waals surface area contributed by atoms with E-state index < -0.39 is 0 Å². The number of fused-ring (bicyclic) bond motifs is 1. The summed E-state index contributed by atoms with van der Waals surface area (Å²) >= 11 is 1.51. The van der Waals surface area contributed by atoms with E-state index in [-0.39, 0.29) is 0 Å². The molecule has 20 heavy (non-hydrogen) atoms. The number of nitrogens with one attached hydrogen (secondary N) is 1. The summed E-state index contributed by atoms with van der Waals surface area (Å²) in [5.41, 5.74) is 1.27. The number of nitriles is 1. The second-order valence-electron chi connectivity index (χ2n) is 4.00. The number of rotatable bonds is 3. The minimum Gasteiger partial charge on any atom is -0.497 e. The monoisotopic (exact) mass is 282 g/mol. The lowest BCUT2D eigenvalue weighted by Gasteiger charge is -2.00. The molecule has 0 aliphatic rings. The minimum atomic E-state index is 0.373. The first kappa shape index (κ1) is 12.4. The minimum absolute atomic E-state index is 0.373. The highest BCUT2D eigenvalue weighted by atomic mass is 32.1. The van der Waals surface area contributed by atoms with Crippen LogP contribution in [0.4, 0.5) is 10.9 Å². The fourth-order valence-corrected chi connectivity index (χ4v) is 2.66. The van der Waals surface area contributed by atoms with Gasteiger partial charge in [0.05, 0.1) is 17.3 Å². The van der Waals surface area contributed by atoms with Crippen LogP contribution in [0.5, 0.6) is 5.75 Å².